The number of likely N-dealkylation sites (tertiary alicyclic amines) is 1. The molecule has 1 aromatic carbocycles. The van der Waals surface area contributed by atoms with E-state index in [1.54, 1.807) is 6.07 Å². The summed E-state index contributed by atoms with van der Waals surface area (Å²) in [5.41, 5.74) is 7.25. The number of hydrogen-bond acceptors (Lipinski definition) is 2. The average molecular weight is 273 g/mol. The molecule has 1 heterocycles. The van der Waals surface area contributed by atoms with Gasteiger partial charge in [-0.3, -0.25) is 4.90 Å². The zero-order chi connectivity index (χ0) is 12.4. The van der Waals surface area contributed by atoms with Gasteiger partial charge in [-0.05, 0) is 42.6 Å². The number of rotatable bonds is 2. The molecule has 2 N–H and O–H groups in total. The molecule has 0 aromatic heterocycles. The van der Waals surface area contributed by atoms with Crippen molar-refractivity contribution in [2.75, 3.05) is 13.1 Å². The molecular formula is C13H18Cl2N2. The molecule has 1 fully saturated rings. The van der Waals surface area contributed by atoms with Crippen LogP contribution in [0.3, 0.4) is 0 Å². The number of benzene rings is 1. The van der Waals surface area contributed by atoms with Crippen LogP contribution in [-0.4, -0.2) is 24.0 Å². The molecule has 2 unspecified atom stereocenters. The van der Waals surface area contributed by atoms with Crippen molar-refractivity contribution in [2.24, 2.45) is 11.7 Å². The van der Waals surface area contributed by atoms with Gasteiger partial charge in [0.1, 0.15) is 0 Å². The fraction of sp³-hybridized carbons (Fsp3) is 0.538. The summed E-state index contributed by atoms with van der Waals surface area (Å²) >= 11 is 12.0. The molecule has 17 heavy (non-hydrogen) atoms. The minimum atomic E-state index is 0.276. The van der Waals surface area contributed by atoms with Crippen LogP contribution in [0, 0.1) is 5.92 Å². The van der Waals surface area contributed by atoms with Crippen molar-refractivity contribution in [1.29, 1.82) is 0 Å². The van der Waals surface area contributed by atoms with E-state index in [1.165, 1.54) is 0 Å². The summed E-state index contributed by atoms with van der Waals surface area (Å²) < 4.78 is 0. The van der Waals surface area contributed by atoms with Gasteiger partial charge in [-0.15, -0.1) is 0 Å². The molecule has 4 heteroatoms. The Hall–Kier alpha value is -0.280. The molecule has 2 rings (SSSR count). The lowest BCUT2D eigenvalue weighted by molar-refractivity contribution is 0.162. The summed E-state index contributed by atoms with van der Waals surface area (Å²) in [6.45, 7) is 5.14. The maximum atomic E-state index is 6.09. The summed E-state index contributed by atoms with van der Waals surface area (Å²) in [6, 6.07) is 5.98. The predicted octanol–water partition coefficient (Wildman–Crippen LogP) is 3.16. The maximum absolute atomic E-state index is 6.09. The van der Waals surface area contributed by atoms with E-state index in [0.717, 1.165) is 31.6 Å². The summed E-state index contributed by atoms with van der Waals surface area (Å²) in [6.07, 6.45) is 1.16. The Labute approximate surface area is 113 Å². The van der Waals surface area contributed by atoms with E-state index in [-0.39, 0.29) is 6.04 Å². The summed E-state index contributed by atoms with van der Waals surface area (Å²) in [5, 5.41) is 1.39. The molecule has 94 valence electrons. The highest BCUT2D eigenvalue weighted by atomic mass is 35.5. The number of hydrogen-bond donors (Lipinski definition) is 1. The molecule has 0 bridgehead atoms. The Bertz CT molecular complexity index is 375. The molecule has 0 spiro atoms. The lowest BCUT2D eigenvalue weighted by Crippen LogP contribution is -2.47. The van der Waals surface area contributed by atoms with Gasteiger partial charge in [0, 0.05) is 29.2 Å². The molecule has 2 nitrogen and oxygen atoms in total. The van der Waals surface area contributed by atoms with E-state index >= 15 is 0 Å². The monoisotopic (exact) mass is 272 g/mol. The second-order valence-electron chi connectivity index (χ2n) is 4.94. The molecule has 0 amide bonds. The van der Waals surface area contributed by atoms with Crippen molar-refractivity contribution in [3.63, 3.8) is 0 Å². The minimum absolute atomic E-state index is 0.276. The Morgan fingerprint density at radius 1 is 1.29 bits per heavy atom. The normalized spacial score (nSPS) is 26.1. The van der Waals surface area contributed by atoms with Crippen molar-refractivity contribution in [3.05, 3.63) is 33.8 Å². The number of piperidine rings is 1. The van der Waals surface area contributed by atoms with E-state index in [0.29, 0.717) is 16.0 Å². The highest BCUT2D eigenvalue weighted by Crippen LogP contribution is 2.22. The summed E-state index contributed by atoms with van der Waals surface area (Å²) in [5.74, 6) is 0.620. The molecule has 0 radical (unpaired) electrons. The van der Waals surface area contributed by atoms with Crippen LogP contribution in [0.25, 0.3) is 0 Å². The Morgan fingerprint density at radius 2 is 1.94 bits per heavy atom. The predicted molar refractivity (Wildman–Crippen MR) is 73.5 cm³/mol. The van der Waals surface area contributed by atoms with Gasteiger partial charge in [-0.1, -0.05) is 30.1 Å². The van der Waals surface area contributed by atoms with E-state index in [4.69, 9.17) is 28.9 Å². The Kier molecular flexibility index (Phi) is 4.31. The van der Waals surface area contributed by atoms with Gasteiger partial charge < -0.3 is 5.73 Å². The van der Waals surface area contributed by atoms with Gasteiger partial charge in [0.15, 0.2) is 0 Å². The second-order valence-corrected chi connectivity index (χ2v) is 5.82. The van der Waals surface area contributed by atoms with Crippen LogP contribution in [0.5, 0.6) is 0 Å². The molecule has 1 saturated heterocycles. The minimum Gasteiger partial charge on any atom is -0.326 e. The molecule has 1 aliphatic heterocycles. The third kappa shape index (κ3) is 3.59. The first-order chi connectivity index (χ1) is 8.04. The average Bonchev–Trinajstić information content (AvgIpc) is 2.22. The van der Waals surface area contributed by atoms with Crippen molar-refractivity contribution < 1.29 is 0 Å². The van der Waals surface area contributed by atoms with E-state index in [1.807, 2.05) is 12.1 Å². The maximum Gasteiger partial charge on any atom is 0.0424 e. The van der Waals surface area contributed by atoms with Crippen molar-refractivity contribution >= 4 is 23.2 Å². The topological polar surface area (TPSA) is 29.3 Å². The van der Waals surface area contributed by atoms with Crippen LogP contribution in [-0.2, 0) is 6.54 Å². The molecule has 0 saturated carbocycles. The van der Waals surface area contributed by atoms with Crippen LogP contribution in [0.4, 0.5) is 0 Å². The molecule has 1 aliphatic rings. The van der Waals surface area contributed by atoms with Crippen molar-refractivity contribution in [1.82, 2.24) is 4.90 Å². The van der Waals surface area contributed by atoms with Crippen LogP contribution in [0.1, 0.15) is 18.9 Å². The number of nitrogens with zero attached hydrogens (tertiary/aromatic N) is 1. The first-order valence-corrected chi connectivity index (χ1v) is 6.73. The zero-order valence-corrected chi connectivity index (χ0v) is 11.5. The van der Waals surface area contributed by atoms with Gasteiger partial charge in [0.2, 0.25) is 0 Å². The quantitative estimate of drug-likeness (QED) is 0.896. The smallest absolute Gasteiger partial charge is 0.0424 e. The largest absolute Gasteiger partial charge is 0.326 e. The van der Waals surface area contributed by atoms with E-state index in [9.17, 15) is 0 Å². The summed E-state index contributed by atoms with van der Waals surface area (Å²) in [4.78, 5) is 2.37. The molecule has 1 aromatic rings. The SMILES string of the molecule is CC1CCN(Cc2cc(Cl)cc(Cl)c2)CC1N. The molecule has 2 atom stereocenters. The highest BCUT2D eigenvalue weighted by molar-refractivity contribution is 6.34. The lowest BCUT2D eigenvalue weighted by Gasteiger charge is -2.35. The number of halogens is 2. The Morgan fingerprint density at radius 3 is 2.53 bits per heavy atom. The van der Waals surface area contributed by atoms with E-state index in [2.05, 4.69) is 11.8 Å². The van der Waals surface area contributed by atoms with Crippen LogP contribution >= 0.6 is 23.2 Å². The van der Waals surface area contributed by atoms with Gasteiger partial charge in [-0.25, -0.2) is 0 Å². The van der Waals surface area contributed by atoms with Crippen molar-refractivity contribution in [2.45, 2.75) is 25.9 Å². The van der Waals surface area contributed by atoms with E-state index < -0.39 is 0 Å². The van der Waals surface area contributed by atoms with Gasteiger partial charge in [0.05, 0.1) is 0 Å². The third-order valence-electron chi connectivity index (χ3n) is 3.43. The van der Waals surface area contributed by atoms with Gasteiger partial charge >= 0.3 is 0 Å². The summed E-state index contributed by atoms with van der Waals surface area (Å²) in [7, 11) is 0. The van der Waals surface area contributed by atoms with Crippen LogP contribution < -0.4 is 5.73 Å². The first kappa shape index (κ1) is 13.2. The van der Waals surface area contributed by atoms with Crippen LogP contribution in [0.2, 0.25) is 10.0 Å². The first-order valence-electron chi connectivity index (χ1n) is 5.97. The zero-order valence-electron chi connectivity index (χ0n) is 10.00. The fourth-order valence-electron chi connectivity index (χ4n) is 2.27. The molecular weight excluding hydrogens is 255 g/mol. The molecule has 0 aliphatic carbocycles. The third-order valence-corrected chi connectivity index (χ3v) is 3.87. The van der Waals surface area contributed by atoms with Gasteiger partial charge in [-0.2, -0.15) is 0 Å². The van der Waals surface area contributed by atoms with Gasteiger partial charge in [0.25, 0.3) is 0 Å². The van der Waals surface area contributed by atoms with Crippen LogP contribution in [0.15, 0.2) is 18.2 Å². The van der Waals surface area contributed by atoms with Crippen molar-refractivity contribution in [3.8, 4) is 0 Å². The number of nitrogens with two attached hydrogens (primary N) is 1. The lowest BCUT2D eigenvalue weighted by atomic mass is 9.94. The fourth-order valence-corrected chi connectivity index (χ4v) is 2.84. The highest BCUT2D eigenvalue weighted by Gasteiger charge is 2.22. The second kappa shape index (κ2) is 5.57. The Balaban J connectivity index is 2.01. The standard InChI is InChI=1S/C13H18Cl2N2/c1-9-2-3-17(8-13(9)16)7-10-4-11(14)6-12(15)5-10/h4-6,9,13H,2-3,7-8,16H2,1H3.